The molecule has 0 aliphatic heterocycles. The van der Waals surface area contributed by atoms with Crippen molar-refractivity contribution in [2.75, 3.05) is 6.54 Å². The Hall–Kier alpha value is -0.570. The van der Waals surface area contributed by atoms with Gasteiger partial charge in [-0.1, -0.05) is 13.8 Å². The summed E-state index contributed by atoms with van der Waals surface area (Å²) >= 11 is 0. The van der Waals surface area contributed by atoms with Crippen LogP contribution in [0.15, 0.2) is 0 Å². The molecule has 0 aromatic rings. The minimum absolute atomic E-state index is 0.133. The van der Waals surface area contributed by atoms with E-state index < -0.39 is 0 Å². The molecule has 0 radical (unpaired) electrons. The van der Waals surface area contributed by atoms with Crippen LogP contribution < -0.4 is 10.6 Å². The fourth-order valence-corrected chi connectivity index (χ4v) is 1.13. The van der Waals surface area contributed by atoms with Crippen LogP contribution in [0, 0.1) is 0 Å². The summed E-state index contributed by atoms with van der Waals surface area (Å²) in [6.45, 7) is 4.53. The third-order valence-electron chi connectivity index (χ3n) is 2.14. The summed E-state index contributed by atoms with van der Waals surface area (Å²) in [7, 11) is 0. The van der Waals surface area contributed by atoms with Crippen molar-refractivity contribution in [3.63, 3.8) is 0 Å². The summed E-state index contributed by atoms with van der Waals surface area (Å²) < 4.78 is 0. The molecule has 0 bridgehead atoms. The van der Waals surface area contributed by atoms with Crippen LogP contribution in [0.25, 0.3) is 0 Å². The first-order chi connectivity index (χ1) is 5.68. The highest BCUT2D eigenvalue weighted by Gasteiger charge is 2.18. The van der Waals surface area contributed by atoms with Crippen LogP contribution in [0.3, 0.4) is 0 Å². The zero-order chi connectivity index (χ0) is 8.97. The lowest BCUT2D eigenvalue weighted by molar-refractivity contribution is -0.121. The largest absolute Gasteiger partial charge is 0.352 e. The van der Waals surface area contributed by atoms with E-state index in [1.807, 2.05) is 13.8 Å². The van der Waals surface area contributed by atoms with Gasteiger partial charge in [-0.2, -0.15) is 0 Å². The first-order valence-electron chi connectivity index (χ1n) is 4.71. The Morgan fingerprint density at radius 3 is 2.58 bits per heavy atom. The Balaban J connectivity index is 2.03. The van der Waals surface area contributed by atoms with Crippen LogP contribution in [0.5, 0.6) is 0 Å². The molecule has 3 nitrogen and oxygen atoms in total. The summed E-state index contributed by atoms with van der Waals surface area (Å²) in [6.07, 6.45) is 3.59. The third-order valence-corrected chi connectivity index (χ3v) is 2.14. The molecule has 2 N–H and O–H groups in total. The zero-order valence-corrected chi connectivity index (χ0v) is 7.89. The van der Waals surface area contributed by atoms with Crippen LogP contribution in [-0.4, -0.2) is 24.5 Å². The van der Waals surface area contributed by atoms with Gasteiger partial charge < -0.3 is 10.6 Å². The number of carbonyl (C=O) groups excluding carboxylic acids is 1. The van der Waals surface area contributed by atoms with Crippen molar-refractivity contribution in [2.45, 2.75) is 45.2 Å². The number of amides is 1. The van der Waals surface area contributed by atoms with Gasteiger partial charge in [-0.25, -0.2) is 0 Å². The monoisotopic (exact) mass is 170 g/mol. The highest BCUT2D eigenvalue weighted by molar-refractivity contribution is 5.78. The van der Waals surface area contributed by atoms with Crippen LogP contribution in [0.2, 0.25) is 0 Å². The Bertz CT molecular complexity index is 153. The van der Waals surface area contributed by atoms with Crippen LogP contribution in [0.4, 0.5) is 0 Å². The van der Waals surface area contributed by atoms with E-state index in [2.05, 4.69) is 10.6 Å². The van der Waals surface area contributed by atoms with Crippen molar-refractivity contribution >= 4 is 5.91 Å². The molecular formula is C9H18N2O. The third kappa shape index (κ3) is 3.22. The molecule has 1 saturated carbocycles. The molecule has 3 heteroatoms. The Morgan fingerprint density at radius 1 is 1.50 bits per heavy atom. The highest BCUT2D eigenvalue weighted by Crippen LogP contribution is 2.17. The van der Waals surface area contributed by atoms with Gasteiger partial charge in [-0.15, -0.1) is 0 Å². The molecule has 1 rings (SSSR count). The molecule has 0 aromatic carbocycles. The molecule has 70 valence electrons. The van der Waals surface area contributed by atoms with E-state index in [4.69, 9.17) is 0 Å². The fourth-order valence-electron chi connectivity index (χ4n) is 1.13. The first-order valence-corrected chi connectivity index (χ1v) is 4.71. The topological polar surface area (TPSA) is 41.1 Å². The summed E-state index contributed by atoms with van der Waals surface area (Å²) in [6, 6.07) is 0.851. The quantitative estimate of drug-likeness (QED) is 0.650. The van der Waals surface area contributed by atoms with Gasteiger partial charge >= 0.3 is 0 Å². The number of hydrogen-bond donors (Lipinski definition) is 2. The molecule has 1 amide bonds. The number of nitrogens with one attached hydrogen (secondary N) is 2. The maximum atomic E-state index is 11.2. The number of rotatable bonds is 4. The van der Waals surface area contributed by atoms with Gasteiger partial charge in [0.1, 0.15) is 0 Å². The maximum absolute atomic E-state index is 11.2. The van der Waals surface area contributed by atoms with Crippen LogP contribution in [0.1, 0.15) is 33.1 Å². The molecule has 0 unspecified atom stereocenters. The van der Waals surface area contributed by atoms with Crippen LogP contribution >= 0.6 is 0 Å². The lowest BCUT2D eigenvalue weighted by Gasteiger charge is -2.26. The smallest absolute Gasteiger partial charge is 0.234 e. The fraction of sp³-hybridized carbons (Fsp3) is 0.889. The minimum Gasteiger partial charge on any atom is -0.352 e. The Morgan fingerprint density at radius 2 is 2.17 bits per heavy atom. The van der Waals surface area contributed by atoms with E-state index in [1.54, 1.807) is 0 Å². The SMILES string of the molecule is CC(C)NCC(=O)NC1CCC1. The number of carbonyl (C=O) groups is 1. The summed E-state index contributed by atoms with van der Waals surface area (Å²) in [5, 5.41) is 6.06. The van der Waals surface area contributed by atoms with Crippen LogP contribution in [-0.2, 0) is 4.79 Å². The van der Waals surface area contributed by atoms with E-state index in [1.165, 1.54) is 6.42 Å². The molecule has 0 spiro atoms. The molecule has 12 heavy (non-hydrogen) atoms. The second-order valence-electron chi connectivity index (χ2n) is 3.73. The summed E-state index contributed by atoms with van der Waals surface area (Å²) in [4.78, 5) is 11.2. The van der Waals surface area contributed by atoms with E-state index in [0.717, 1.165) is 12.8 Å². The lowest BCUT2D eigenvalue weighted by Crippen LogP contribution is -2.44. The molecule has 0 heterocycles. The standard InChI is InChI=1S/C9H18N2O/c1-7(2)10-6-9(12)11-8-4-3-5-8/h7-8,10H,3-6H2,1-2H3,(H,11,12). The first kappa shape index (κ1) is 9.52. The predicted octanol–water partition coefficient (Wildman–Crippen LogP) is 0.653. The molecule has 1 fully saturated rings. The van der Waals surface area contributed by atoms with Crippen molar-refractivity contribution < 1.29 is 4.79 Å². The van der Waals surface area contributed by atoms with Crippen molar-refractivity contribution in [1.82, 2.24) is 10.6 Å². The Kier molecular flexibility index (Phi) is 3.53. The number of hydrogen-bond acceptors (Lipinski definition) is 2. The van der Waals surface area contributed by atoms with E-state index >= 15 is 0 Å². The van der Waals surface area contributed by atoms with Crippen molar-refractivity contribution in [3.8, 4) is 0 Å². The predicted molar refractivity (Wildman–Crippen MR) is 48.9 cm³/mol. The molecule has 1 aliphatic rings. The molecule has 0 aromatic heterocycles. The van der Waals surface area contributed by atoms with Gasteiger partial charge in [0.2, 0.25) is 5.91 Å². The van der Waals surface area contributed by atoms with Gasteiger partial charge in [-0.05, 0) is 19.3 Å². The second kappa shape index (κ2) is 4.45. The van der Waals surface area contributed by atoms with Gasteiger partial charge in [0.05, 0.1) is 6.54 Å². The van der Waals surface area contributed by atoms with Crippen molar-refractivity contribution in [1.29, 1.82) is 0 Å². The van der Waals surface area contributed by atoms with Crippen molar-refractivity contribution in [3.05, 3.63) is 0 Å². The van der Waals surface area contributed by atoms with E-state index in [9.17, 15) is 4.79 Å². The van der Waals surface area contributed by atoms with E-state index in [0.29, 0.717) is 18.6 Å². The summed E-state index contributed by atoms with van der Waals surface area (Å²) in [5.74, 6) is 0.133. The van der Waals surface area contributed by atoms with Gasteiger partial charge in [0.25, 0.3) is 0 Å². The molecule has 0 saturated heterocycles. The molecule has 0 atom stereocenters. The van der Waals surface area contributed by atoms with Gasteiger partial charge in [-0.3, -0.25) is 4.79 Å². The summed E-state index contributed by atoms with van der Waals surface area (Å²) in [5.41, 5.74) is 0. The van der Waals surface area contributed by atoms with E-state index in [-0.39, 0.29) is 5.91 Å². The second-order valence-corrected chi connectivity index (χ2v) is 3.73. The molecular weight excluding hydrogens is 152 g/mol. The maximum Gasteiger partial charge on any atom is 0.234 e. The minimum atomic E-state index is 0.133. The normalized spacial score (nSPS) is 17.6. The average molecular weight is 170 g/mol. The van der Waals surface area contributed by atoms with Gasteiger partial charge in [0.15, 0.2) is 0 Å². The Labute approximate surface area is 73.9 Å². The zero-order valence-electron chi connectivity index (χ0n) is 7.89. The lowest BCUT2D eigenvalue weighted by atomic mass is 9.93. The highest BCUT2D eigenvalue weighted by atomic mass is 16.2. The average Bonchev–Trinajstić information content (AvgIpc) is 1.93. The molecule has 1 aliphatic carbocycles. The van der Waals surface area contributed by atoms with Gasteiger partial charge in [0, 0.05) is 12.1 Å². The van der Waals surface area contributed by atoms with Crippen molar-refractivity contribution in [2.24, 2.45) is 0 Å².